The Kier molecular flexibility index (Phi) is 5.26. The minimum Gasteiger partial charge on any atom is -0.459 e. The lowest BCUT2D eigenvalue weighted by atomic mass is 10.1. The van der Waals surface area contributed by atoms with Crippen molar-refractivity contribution in [2.45, 2.75) is 32.9 Å². The molecule has 1 atom stereocenters. The average Bonchev–Trinajstić information content (AvgIpc) is 2.92. The Labute approximate surface area is 162 Å². The third kappa shape index (κ3) is 3.64. The quantitative estimate of drug-likeness (QED) is 0.636. The van der Waals surface area contributed by atoms with Crippen LogP contribution in [-0.2, 0) is 9.53 Å². The first-order valence-corrected chi connectivity index (χ1v) is 8.88. The van der Waals surface area contributed by atoms with Crippen molar-refractivity contribution in [2.75, 3.05) is 5.32 Å². The summed E-state index contributed by atoms with van der Waals surface area (Å²) in [6, 6.07) is 11.7. The molecular weight excluding hydrogens is 360 g/mol. The van der Waals surface area contributed by atoms with Gasteiger partial charge in [-0.2, -0.15) is 0 Å². The molecule has 28 heavy (non-hydrogen) atoms. The van der Waals surface area contributed by atoms with E-state index >= 15 is 0 Å². The molecule has 0 bridgehead atoms. The Bertz CT molecular complexity index is 915. The molecule has 2 aromatic carbocycles. The summed E-state index contributed by atoms with van der Waals surface area (Å²) in [4.78, 5) is 50.3. The van der Waals surface area contributed by atoms with E-state index in [9.17, 15) is 19.2 Å². The molecular formula is C21H20N2O5. The number of ether oxygens (including phenoxy) is 1. The number of nitrogens with one attached hydrogen (secondary N) is 1. The third-order valence-corrected chi connectivity index (χ3v) is 4.32. The molecule has 0 radical (unpaired) electrons. The van der Waals surface area contributed by atoms with Gasteiger partial charge >= 0.3 is 5.97 Å². The molecule has 7 nitrogen and oxygen atoms in total. The standard InChI is InChI=1S/C21H20N2O5/c1-12(2)28-21(27)14-8-10-15(11-9-14)22-18(24)13(3)23-19(25)16-6-4-5-7-17(16)20(23)26/h4-13H,1-3H3,(H,22,24). The highest BCUT2D eigenvalue weighted by Gasteiger charge is 2.40. The number of fused-ring (bicyclic) bond motifs is 1. The van der Waals surface area contributed by atoms with Gasteiger partial charge in [0.2, 0.25) is 5.91 Å². The number of carbonyl (C=O) groups excluding carboxylic acids is 4. The Morgan fingerprint density at radius 3 is 1.93 bits per heavy atom. The van der Waals surface area contributed by atoms with E-state index in [-0.39, 0.29) is 6.10 Å². The van der Waals surface area contributed by atoms with Gasteiger partial charge in [-0.15, -0.1) is 0 Å². The molecule has 0 aliphatic carbocycles. The largest absolute Gasteiger partial charge is 0.459 e. The smallest absolute Gasteiger partial charge is 0.338 e. The molecule has 1 heterocycles. The van der Waals surface area contributed by atoms with Crippen molar-refractivity contribution >= 4 is 29.4 Å². The number of hydrogen-bond acceptors (Lipinski definition) is 5. The maximum absolute atomic E-state index is 12.6. The number of anilines is 1. The van der Waals surface area contributed by atoms with Crippen molar-refractivity contribution in [3.63, 3.8) is 0 Å². The van der Waals surface area contributed by atoms with Crippen LogP contribution < -0.4 is 5.32 Å². The van der Waals surface area contributed by atoms with Gasteiger partial charge < -0.3 is 10.1 Å². The van der Waals surface area contributed by atoms with Crippen molar-refractivity contribution in [2.24, 2.45) is 0 Å². The van der Waals surface area contributed by atoms with E-state index in [1.807, 2.05) is 0 Å². The summed E-state index contributed by atoms with van der Waals surface area (Å²) in [6.07, 6.45) is -0.229. The first-order chi connectivity index (χ1) is 13.3. The summed E-state index contributed by atoms with van der Waals surface area (Å²) in [7, 11) is 0. The SMILES string of the molecule is CC(C)OC(=O)c1ccc(NC(=O)C(C)N2C(=O)c3ccccc3C2=O)cc1. The first-order valence-electron chi connectivity index (χ1n) is 8.88. The molecule has 1 aliphatic heterocycles. The number of imide groups is 1. The van der Waals surface area contributed by atoms with Gasteiger partial charge in [0.05, 0.1) is 22.8 Å². The van der Waals surface area contributed by atoms with Crippen LogP contribution in [0.15, 0.2) is 48.5 Å². The van der Waals surface area contributed by atoms with Crippen molar-refractivity contribution < 1.29 is 23.9 Å². The van der Waals surface area contributed by atoms with Crippen molar-refractivity contribution in [1.29, 1.82) is 0 Å². The first kappa shape index (κ1) is 19.3. The molecule has 1 unspecified atom stereocenters. The number of hydrogen-bond donors (Lipinski definition) is 1. The van der Waals surface area contributed by atoms with E-state index in [1.165, 1.54) is 19.1 Å². The second kappa shape index (κ2) is 7.64. The van der Waals surface area contributed by atoms with Crippen molar-refractivity contribution in [3.8, 4) is 0 Å². The summed E-state index contributed by atoms with van der Waals surface area (Å²) < 4.78 is 5.11. The topological polar surface area (TPSA) is 92.8 Å². The molecule has 0 aromatic heterocycles. The highest BCUT2D eigenvalue weighted by Crippen LogP contribution is 2.25. The molecule has 1 aliphatic rings. The fourth-order valence-electron chi connectivity index (χ4n) is 2.90. The van der Waals surface area contributed by atoms with Gasteiger partial charge in [0.25, 0.3) is 11.8 Å². The van der Waals surface area contributed by atoms with Crippen molar-refractivity contribution in [1.82, 2.24) is 4.90 Å². The van der Waals surface area contributed by atoms with Crippen LogP contribution in [0.3, 0.4) is 0 Å². The van der Waals surface area contributed by atoms with Crippen LogP contribution in [0.4, 0.5) is 5.69 Å². The summed E-state index contributed by atoms with van der Waals surface area (Å²) in [5.74, 6) is -1.94. The molecule has 0 saturated heterocycles. The van der Waals surface area contributed by atoms with Crippen LogP contribution in [0.1, 0.15) is 51.8 Å². The van der Waals surface area contributed by atoms with Gasteiger partial charge in [-0.05, 0) is 57.2 Å². The van der Waals surface area contributed by atoms with E-state index in [4.69, 9.17) is 4.74 Å². The lowest BCUT2D eigenvalue weighted by Crippen LogP contribution is -2.45. The van der Waals surface area contributed by atoms with E-state index in [2.05, 4.69) is 5.32 Å². The number of carbonyl (C=O) groups is 4. The number of rotatable bonds is 5. The summed E-state index contributed by atoms with van der Waals surface area (Å²) in [5.41, 5.74) is 1.38. The van der Waals surface area contributed by atoms with Gasteiger partial charge in [-0.3, -0.25) is 19.3 Å². The Hall–Kier alpha value is -3.48. The molecule has 144 valence electrons. The monoisotopic (exact) mass is 380 g/mol. The van der Waals surface area contributed by atoms with Gasteiger partial charge in [0.1, 0.15) is 6.04 Å². The molecule has 3 amide bonds. The van der Waals surface area contributed by atoms with E-state index in [0.29, 0.717) is 22.4 Å². The molecule has 1 N–H and O–H groups in total. The van der Waals surface area contributed by atoms with Gasteiger partial charge in [0.15, 0.2) is 0 Å². The van der Waals surface area contributed by atoms with Crippen molar-refractivity contribution in [3.05, 3.63) is 65.2 Å². The number of benzene rings is 2. The lowest BCUT2D eigenvalue weighted by molar-refractivity contribution is -0.119. The zero-order chi connectivity index (χ0) is 20.4. The third-order valence-electron chi connectivity index (χ3n) is 4.32. The van der Waals surface area contributed by atoms with Crippen LogP contribution >= 0.6 is 0 Å². The summed E-state index contributed by atoms with van der Waals surface area (Å²) in [6.45, 7) is 5.01. The molecule has 3 rings (SSSR count). The highest BCUT2D eigenvalue weighted by atomic mass is 16.5. The second-order valence-electron chi connectivity index (χ2n) is 6.72. The number of amides is 3. The van der Waals surface area contributed by atoms with Crippen LogP contribution in [0, 0.1) is 0 Å². The minimum absolute atomic E-state index is 0.229. The van der Waals surface area contributed by atoms with Gasteiger partial charge in [0, 0.05) is 5.69 Å². The Morgan fingerprint density at radius 1 is 0.893 bits per heavy atom. The summed E-state index contributed by atoms with van der Waals surface area (Å²) in [5, 5.41) is 2.66. The normalized spacial score (nSPS) is 14.1. The fourth-order valence-corrected chi connectivity index (χ4v) is 2.90. The zero-order valence-electron chi connectivity index (χ0n) is 15.8. The Balaban J connectivity index is 1.69. The van der Waals surface area contributed by atoms with E-state index in [0.717, 1.165) is 4.90 Å². The molecule has 0 spiro atoms. The molecule has 2 aromatic rings. The predicted octanol–water partition coefficient (Wildman–Crippen LogP) is 2.88. The second-order valence-corrected chi connectivity index (χ2v) is 6.72. The Morgan fingerprint density at radius 2 is 1.43 bits per heavy atom. The van der Waals surface area contributed by atoms with Crippen LogP contribution in [0.5, 0.6) is 0 Å². The maximum atomic E-state index is 12.6. The van der Waals surface area contributed by atoms with Gasteiger partial charge in [-0.25, -0.2) is 4.79 Å². The van der Waals surface area contributed by atoms with Gasteiger partial charge in [-0.1, -0.05) is 12.1 Å². The number of esters is 1. The maximum Gasteiger partial charge on any atom is 0.338 e. The zero-order valence-corrected chi connectivity index (χ0v) is 15.8. The fraction of sp³-hybridized carbons (Fsp3) is 0.238. The van der Waals surface area contributed by atoms with Crippen LogP contribution in [-0.4, -0.2) is 40.7 Å². The summed E-state index contributed by atoms with van der Waals surface area (Å²) >= 11 is 0. The van der Waals surface area contributed by atoms with Crippen LogP contribution in [0.2, 0.25) is 0 Å². The van der Waals surface area contributed by atoms with E-state index in [1.54, 1.807) is 50.2 Å². The van der Waals surface area contributed by atoms with Crippen LogP contribution in [0.25, 0.3) is 0 Å². The minimum atomic E-state index is -0.988. The van der Waals surface area contributed by atoms with E-state index < -0.39 is 29.7 Å². The molecule has 7 heteroatoms. The molecule has 0 saturated carbocycles. The number of nitrogens with zero attached hydrogens (tertiary/aromatic N) is 1. The lowest BCUT2D eigenvalue weighted by Gasteiger charge is -2.21. The molecule has 0 fully saturated rings. The highest BCUT2D eigenvalue weighted by molar-refractivity contribution is 6.23. The average molecular weight is 380 g/mol. The predicted molar refractivity (Wildman–Crippen MR) is 102 cm³/mol.